The molecule has 2 aromatic rings. The molecule has 140 valence electrons. The van der Waals surface area contributed by atoms with Crippen LogP contribution in [-0.2, 0) is 6.18 Å². The number of aliphatic hydroxyl groups is 1. The average Bonchev–Trinajstić information content (AvgIpc) is 3.06. The van der Waals surface area contributed by atoms with Crippen LogP contribution in [0.15, 0.2) is 24.4 Å². The SMILES string of the molecule is OCC1CCCN1c1nc(Nc2ccc(Cl)c(Cl)c2)ncc1C(F)(F)F. The van der Waals surface area contributed by atoms with Gasteiger partial charge in [-0.15, -0.1) is 0 Å². The number of benzene rings is 1. The van der Waals surface area contributed by atoms with E-state index in [1.54, 1.807) is 12.1 Å². The Kier molecular flexibility index (Phi) is 5.45. The molecule has 10 heteroatoms. The molecular weight excluding hydrogens is 392 g/mol. The number of hydrogen-bond acceptors (Lipinski definition) is 5. The van der Waals surface area contributed by atoms with Gasteiger partial charge in [-0.2, -0.15) is 18.2 Å². The first-order chi connectivity index (χ1) is 12.3. The van der Waals surface area contributed by atoms with Gasteiger partial charge in [0, 0.05) is 18.4 Å². The first-order valence-corrected chi connectivity index (χ1v) is 8.59. The van der Waals surface area contributed by atoms with Crippen LogP contribution >= 0.6 is 23.2 Å². The Morgan fingerprint density at radius 2 is 2.04 bits per heavy atom. The molecule has 1 unspecified atom stereocenters. The van der Waals surface area contributed by atoms with Crippen molar-refractivity contribution < 1.29 is 18.3 Å². The first-order valence-electron chi connectivity index (χ1n) is 7.83. The minimum Gasteiger partial charge on any atom is -0.394 e. The quantitative estimate of drug-likeness (QED) is 0.781. The summed E-state index contributed by atoms with van der Waals surface area (Å²) in [5.41, 5.74) is -0.442. The van der Waals surface area contributed by atoms with E-state index in [2.05, 4.69) is 15.3 Å². The van der Waals surface area contributed by atoms with Crippen molar-refractivity contribution in [1.82, 2.24) is 9.97 Å². The van der Waals surface area contributed by atoms with E-state index >= 15 is 0 Å². The van der Waals surface area contributed by atoms with Crippen molar-refractivity contribution >= 4 is 40.7 Å². The van der Waals surface area contributed by atoms with Crippen molar-refractivity contribution in [3.8, 4) is 0 Å². The van der Waals surface area contributed by atoms with Crippen LogP contribution in [0.25, 0.3) is 0 Å². The maximum Gasteiger partial charge on any atom is 0.421 e. The molecule has 5 nitrogen and oxygen atoms in total. The number of aromatic nitrogens is 2. The lowest BCUT2D eigenvalue weighted by molar-refractivity contribution is -0.137. The average molecular weight is 407 g/mol. The fraction of sp³-hybridized carbons (Fsp3) is 0.375. The maximum absolute atomic E-state index is 13.4. The van der Waals surface area contributed by atoms with Crippen molar-refractivity contribution in [3.63, 3.8) is 0 Å². The molecule has 0 saturated carbocycles. The van der Waals surface area contributed by atoms with E-state index in [1.165, 1.54) is 11.0 Å². The van der Waals surface area contributed by atoms with Crippen molar-refractivity contribution in [1.29, 1.82) is 0 Å². The standard InChI is InChI=1S/C16H15Cl2F3N4O/c17-12-4-3-9(6-13(12)18)23-15-22-7-11(16(19,20)21)14(24-15)25-5-1-2-10(25)8-26/h3-4,6-7,10,26H,1-2,5,8H2,(H,22,23,24). The Labute approximate surface area is 157 Å². The molecule has 1 atom stereocenters. The van der Waals surface area contributed by atoms with Gasteiger partial charge in [0.25, 0.3) is 0 Å². The van der Waals surface area contributed by atoms with Gasteiger partial charge < -0.3 is 15.3 Å². The summed E-state index contributed by atoms with van der Waals surface area (Å²) in [4.78, 5) is 9.31. The summed E-state index contributed by atoms with van der Waals surface area (Å²) in [5.74, 6) is -0.249. The van der Waals surface area contributed by atoms with E-state index in [9.17, 15) is 18.3 Å². The summed E-state index contributed by atoms with van der Waals surface area (Å²) >= 11 is 11.8. The molecular formula is C16H15Cl2F3N4O. The summed E-state index contributed by atoms with van der Waals surface area (Å²) < 4.78 is 40.1. The van der Waals surface area contributed by atoms with Crippen molar-refractivity contribution in [3.05, 3.63) is 40.0 Å². The van der Waals surface area contributed by atoms with E-state index in [0.29, 0.717) is 35.1 Å². The highest BCUT2D eigenvalue weighted by Gasteiger charge is 2.39. The van der Waals surface area contributed by atoms with Crippen LogP contribution < -0.4 is 10.2 Å². The van der Waals surface area contributed by atoms with Gasteiger partial charge in [-0.25, -0.2) is 4.98 Å². The molecule has 26 heavy (non-hydrogen) atoms. The minimum absolute atomic E-state index is 0.00465. The third kappa shape index (κ3) is 3.97. The second kappa shape index (κ2) is 7.46. The molecule has 0 aliphatic carbocycles. The van der Waals surface area contributed by atoms with Gasteiger partial charge in [0.1, 0.15) is 11.4 Å². The molecule has 3 rings (SSSR count). The zero-order valence-corrected chi connectivity index (χ0v) is 14.9. The van der Waals surface area contributed by atoms with Gasteiger partial charge in [-0.3, -0.25) is 0 Å². The molecule has 2 heterocycles. The molecule has 1 aliphatic heterocycles. The second-order valence-corrected chi connectivity index (χ2v) is 6.67. The third-order valence-corrected chi connectivity index (χ3v) is 4.85. The van der Waals surface area contributed by atoms with Crippen LogP contribution in [0.5, 0.6) is 0 Å². The summed E-state index contributed by atoms with van der Waals surface area (Å²) in [6, 6.07) is 4.29. The number of rotatable bonds is 4. The summed E-state index contributed by atoms with van der Waals surface area (Å²) in [7, 11) is 0. The number of nitrogens with zero attached hydrogens (tertiary/aromatic N) is 3. The van der Waals surface area contributed by atoms with Crippen molar-refractivity contribution in [2.24, 2.45) is 0 Å². The van der Waals surface area contributed by atoms with E-state index in [4.69, 9.17) is 23.2 Å². The molecule has 1 fully saturated rings. The van der Waals surface area contributed by atoms with Crippen LogP contribution in [0.3, 0.4) is 0 Å². The highest BCUT2D eigenvalue weighted by molar-refractivity contribution is 6.42. The first kappa shape index (κ1) is 19.0. The van der Waals surface area contributed by atoms with Crippen molar-refractivity contribution in [2.75, 3.05) is 23.4 Å². The van der Waals surface area contributed by atoms with Crippen LogP contribution in [0.1, 0.15) is 18.4 Å². The predicted molar refractivity (Wildman–Crippen MR) is 94.2 cm³/mol. The van der Waals surface area contributed by atoms with Gasteiger partial charge in [0.2, 0.25) is 5.95 Å². The van der Waals surface area contributed by atoms with Crippen LogP contribution in [0, 0.1) is 0 Å². The van der Waals surface area contributed by atoms with Gasteiger partial charge in [0.15, 0.2) is 0 Å². The molecule has 1 aliphatic rings. The Balaban J connectivity index is 1.97. The van der Waals surface area contributed by atoms with Crippen LogP contribution in [0.2, 0.25) is 10.0 Å². The van der Waals surface area contributed by atoms with Gasteiger partial charge in [0.05, 0.1) is 22.7 Å². The summed E-state index contributed by atoms with van der Waals surface area (Å²) in [6.07, 6.45) is -2.57. The topological polar surface area (TPSA) is 61.3 Å². The molecule has 0 amide bonds. The lowest BCUT2D eigenvalue weighted by atomic mass is 10.2. The van der Waals surface area contributed by atoms with E-state index in [0.717, 1.165) is 6.20 Å². The Bertz CT molecular complexity index is 804. The molecule has 2 N–H and O–H groups in total. The second-order valence-electron chi connectivity index (χ2n) is 5.85. The molecule has 0 radical (unpaired) electrons. The number of anilines is 3. The predicted octanol–water partition coefficient (Wildman–Crippen LogP) is 4.51. The molecule has 1 saturated heterocycles. The van der Waals surface area contributed by atoms with E-state index in [-0.39, 0.29) is 18.4 Å². The fourth-order valence-electron chi connectivity index (χ4n) is 2.86. The zero-order valence-electron chi connectivity index (χ0n) is 13.4. The third-order valence-electron chi connectivity index (χ3n) is 4.11. The minimum atomic E-state index is -4.60. The van der Waals surface area contributed by atoms with E-state index in [1.807, 2.05) is 0 Å². The molecule has 0 bridgehead atoms. The van der Waals surface area contributed by atoms with Gasteiger partial charge in [-0.1, -0.05) is 23.2 Å². The van der Waals surface area contributed by atoms with Gasteiger partial charge in [-0.05, 0) is 31.0 Å². The number of aliphatic hydroxyl groups excluding tert-OH is 1. The number of halogens is 5. The number of alkyl halides is 3. The number of nitrogens with one attached hydrogen (secondary N) is 1. The summed E-state index contributed by atoms with van der Waals surface area (Å²) in [5, 5.41) is 12.9. The highest BCUT2D eigenvalue weighted by atomic mass is 35.5. The zero-order chi connectivity index (χ0) is 18.9. The smallest absolute Gasteiger partial charge is 0.394 e. The summed E-state index contributed by atoms with van der Waals surface area (Å²) in [6.45, 7) is 0.147. The van der Waals surface area contributed by atoms with E-state index < -0.39 is 17.8 Å². The van der Waals surface area contributed by atoms with Crippen LogP contribution in [-0.4, -0.2) is 34.3 Å². The highest BCUT2D eigenvalue weighted by Crippen LogP contribution is 2.38. The monoisotopic (exact) mass is 406 g/mol. The number of hydrogen-bond donors (Lipinski definition) is 2. The Morgan fingerprint density at radius 3 is 2.69 bits per heavy atom. The lowest BCUT2D eigenvalue weighted by Gasteiger charge is -2.27. The fourth-order valence-corrected chi connectivity index (χ4v) is 3.16. The maximum atomic E-state index is 13.4. The van der Waals surface area contributed by atoms with Crippen molar-refractivity contribution in [2.45, 2.75) is 25.1 Å². The largest absolute Gasteiger partial charge is 0.421 e. The molecule has 1 aromatic carbocycles. The Morgan fingerprint density at radius 1 is 1.27 bits per heavy atom. The Hall–Kier alpha value is -1.77. The molecule has 1 aromatic heterocycles. The van der Waals surface area contributed by atoms with Gasteiger partial charge >= 0.3 is 6.18 Å². The normalized spacial score (nSPS) is 17.6. The lowest BCUT2D eigenvalue weighted by Crippen LogP contribution is -2.34. The van der Waals surface area contributed by atoms with Crippen LogP contribution in [0.4, 0.5) is 30.6 Å². The molecule has 0 spiro atoms.